The molecule has 1 N–H and O–H groups in total. The first kappa shape index (κ1) is 16.6. The standard InChI is InChI=1S/C13H24BrN3O2/c1-5-11(19-4)12(15-6-2)13-10(14)9-16-17(13)7-8-18-3/h9,11-12,15H,5-8H2,1-4H3. The van der Waals surface area contributed by atoms with Crippen LogP contribution in [0.5, 0.6) is 0 Å². The zero-order chi connectivity index (χ0) is 14.3. The minimum Gasteiger partial charge on any atom is -0.383 e. The van der Waals surface area contributed by atoms with Crippen molar-refractivity contribution in [1.82, 2.24) is 15.1 Å². The second kappa shape index (κ2) is 8.68. The maximum Gasteiger partial charge on any atom is 0.0779 e. The Morgan fingerprint density at radius 2 is 2.16 bits per heavy atom. The van der Waals surface area contributed by atoms with Gasteiger partial charge in [-0.2, -0.15) is 5.10 Å². The lowest BCUT2D eigenvalue weighted by atomic mass is 10.0. The van der Waals surface area contributed by atoms with Crippen LogP contribution in [0, 0.1) is 0 Å². The van der Waals surface area contributed by atoms with Crippen LogP contribution in [-0.4, -0.2) is 43.3 Å². The van der Waals surface area contributed by atoms with Gasteiger partial charge in [-0.1, -0.05) is 13.8 Å². The fraction of sp³-hybridized carbons (Fsp3) is 0.769. The summed E-state index contributed by atoms with van der Waals surface area (Å²) in [5, 5.41) is 7.89. The number of ether oxygens (including phenoxy) is 2. The Morgan fingerprint density at radius 1 is 1.42 bits per heavy atom. The van der Waals surface area contributed by atoms with Crippen molar-refractivity contribution >= 4 is 15.9 Å². The summed E-state index contributed by atoms with van der Waals surface area (Å²) in [6.45, 7) is 6.48. The van der Waals surface area contributed by atoms with E-state index in [1.54, 1.807) is 14.2 Å². The van der Waals surface area contributed by atoms with Crippen LogP contribution in [0.3, 0.4) is 0 Å². The Hall–Kier alpha value is -0.430. The highest BCUT2D eigenvalue weighted by Gasteiger charge is 2.26. The molecule has 1 rings (SSSR count). The summed E-state index contributed by atoms with van der Waals surface area (Å²) in [6, 6.07) is 0.119. The van der Waals surface area contributed by atoms with E-state index in [4.69, 9.17) is 9.47 Å². The Labute approximate surface area is 123 Å². The highest BCUT2D eigenvalue weighted by atomic mass is 79.9. The molecule has 1 heterocycles. The largest absolute Gasteiger partial charge is 0.383 e. The van der Waals surface area contributed by atoms with Crippen molar-refractivity contribution in [2.45, 2.75) is 39.0 Å². The quantitative estimate of drug-likeness (QED) is 0.753. The third kappa shape index (κ3) is 4.27. The number of halogens is 1. The Balaban J connectivity index is 3.02. The number of nitrogens with zero attached hydrogens (tertiary/aromatic N) is 2. The summed E-state index contributed by atoms with van der Waals surface area (Å²) >= 11 is 3.59. The first-order valence-corrected chi connectivity index (χ1v) is 7.45. The van der Waals surface area contributed by atoms with Crippen molar-refractivity contribution in [1.29, 1.82) is 0 Å². The van der Waals surface area contributed by atoms with E-state index in [1.807, 2.05) is 10.9 Å². The van der Waals surface area contributed by atoms with Crippen LogP contribution in [0.2, 0.25) is 0 Å². The van der Waals surface area contributed by atoms with Gasteiger partial charge >= 0.3 is 0 Å². The van der Waals surface area contributed by atoms with Crippen LogP contribution >= 0.6 is 15.9 Å². The third-order valence-corrected chi connectivity index (χ3v) is 3.75. The normalized spacial score (nSPS) is 14.6. The van der Waals surface area contributed by atoms with Gasteiger partial charge in [-0.05, 0) is 28.9 Å². The first-order chi connectivity index (χ1) is 9.19. The van der Waals surface area contributed by atoms with Crippen LogP contribution in [0.1, 0.15) is 32.0 Å². The summed E-state index contributed by atoms with van der Waals surface area (Å²) in [5.74, 6) is 0. The predicted molar refractivity (Wildman–Crippen MR) is 79.3 cm³/mol. The lowest BCUT2D eigenvalue weighted by Crippen LogP contribution is -2.35. The zero-order valence-electron chi connectivity index (χ0n) is 12.1. The van der Waals surface area contributed by atoms with E-state index in [1.165, 1.54) is 0 Å². The minimum absolute atomic E-state index is 0.119. The molecular formula is C13H24BrN3O2. The fourth-order valence-electron chi connectivity index (χ4n) is 2.20. The molecule has 0 saturated heterocycles. The van der Waals surface area contributed by atoms with Gasteiger partial charge in [0.2, 0.25) is 0 Å². The maximum atomic E-state index is 5.60. The Bertz CT molecular complexity index is 367. The molecule has 0 aliphatic carbocycles. The molecule has 1 aromatic rings. The summed E-state index contributed by atoms with van der Waals surface area (Å²) in [5.41, 5.74) is 1.12. The van der Waals surface area contributed by atoms with Crippen LogP contribution in [0.4, 0.5) is 0 Å². The molecule has 0 aliphatic rings. The van der Waals surface area contributed by atoms with E-state index >= 15 is 0 Å². The molecule has 0 aromatic carbocycles. The predicted octanol–water partition coefficient (Wildman–Crippen LogP) is 2.37. The molecule has 2 unspecified atom stereocenters. The smallest absolute Gasteiger partial charge is 0.0779 e. The molecule has 0 bridgehead atoms. The monoisotopic (exact) mass is 333 g/mol. The highest BCUT2D eigenvalue weighted by Crippen LogP contribution is 2.28. The van der Waals surface area contributed by atoms with Gasteiger partial charge in [0.25, 0.3) is 0 Å². The second-order valence-electron chi connectivity index (χ2n) is 4.31. The maximum absolute atomic E-state index is 5.60. The van der Waals surface area contributed by atoms with E-state index in [-0.39, 0.29) is 12.1 Å². The number of hydrogen-bond donors (Lipinski definition) is 1. The molecule has 5 nitrogen and oxygen atoms in total. The lowest BCUT2D eigenvalue weighted by Gasteiger charge is -2.27. The average Bonchev–Trinajstić information content (AvgIpc) is 2.77. The van der Waals surface area contributed by atoms with Gasteiger partial charge < -0.3 is 14.8 Å². The molecule has 19 heavy (non-hydrogen) atoms. The van der Waals surface area contributed by atoms with Gasteiger partial charge in [0.15, 0.2) is 0 Å². The number of likely N-dealkylation sites (N-methyl/N-ethyl adjacent to an activating group) is 1. The first-order valence-electron chi connectivity index (χ1n) is 6.65. The molecule has 0 radical (unpaired) electrons. The number of rotatable bonds is 9. The molecule has 0 aliphatic heterocycles. The van der Waals surface area contributed by atoms with Crippen molar-refractivity contribution < 1.29 is 9.47 Å². The number of methoxy groups -OCH3 is 2. The van der Waals surface area contributed by atoms with Crippen LogP contribution in [0.25, 0.3) is 0 Å². The molecule has 0 spiro atoms. The summed E-state index contributed by atoms with van der Waals surface area (Å²) in [4.78, 5) is 0. The van der Waals surface area contributed by atoms with Gasteiger partial charge in [-0.3, -0.25) is 4.68 Å². The minimum atomic E-state index is 0.119. The molecule has 110 valence electrons. The van der Waals surface area contributed by atoms with E-state index in [0.29, 0.717) is 6.61 Å². The molecule has 0 fully saturated rings. The van der Waals surface area contributed by atoms with Crippen molar-refractivity contribution in [3.63, 3.8) is 0 Å². The fourth-order valence-corrected chi connectivity index (χ4v) is 2.74. The Kier molecular flexibility index (Phi) is 7.60. The number of aromatic nitrogens is 2. The number of nitrogens with one attached hydrogen (secondary N) is 1. The van der Waals surface area contributed by atoms with Gasteiger partial charge in [-0.25, -0.2) is 0 Å². The molecule has 1 aromatic heterocycles. The lowest BCUT2D eigenvalue weighted by molar-refractivity contribution is 0.0618. The molecule has 6 heteroatoms. The highest BCUT2D eigenvalue weighted by molar-refractivity contribution is 9.10. The molecular weight excluding hydrogens is 310 g/mol. The second-order valence-corrected chi connectivity index (χ2v) is 5.17. The van der Waals surface area contributed by atoms with E-state index in [2.05, 4.69) is 40.2 Å². The van der Waals surface area contributed by atoms with E-state index in [9.17, 15) is 0 Å². The summed E-state index contributed by atoms with van der Waals surface area (Å²) < 4.78 is 13.7. The average molecular weight is 334 g/mol. The summed E-state index contributed by atoms with van der Waals surface area (Å²) in [6.07, 6.45) is 2.89. The SMILES string of the molecule is CCNC(c1c(Br)cnn1CCOC)C(CC)OC. The van der Waals surface area contributed by atoms with E-state index < -0.39 is 0 Å². The Morgan fingerprint density at radius 3 is 2.68 bits per heavy atom. The van der Waals surface area contributed by atoms with Crippen LogP contribution in [0.15, 0.2) is 10.7 Å². The van der Waals surface area contributed by atoms with Crippen molar-refractivity contribution in [3.05, 3.63) is 16.4 Å². The van der Waals surface area contributed by atoms with Gasteiger partial charge in [0.1, 0.15) is 0 Å². The molecule has 2 atom stereocenters. The summed E-state index contributed by atoms with van der Waals surface area (Å²) in [7, 11) is 3.45. The third-order valence-electron chi connectivity index (χ3n) is 3.14. The van der Waals surface area contributed by atoms with Crippen LogP contribution in [-0.2, 0) is 16.0 Å². The topological polar surface area (TPSA) is 48.3 Å². The van der Waals surface area contributed by atoms with Crippen molar-refractivity contribution in [3.8, 4) is 0 Å². The van der Waals surface area contributed by atoms with Crippen LogP contribution < -0.4 is 5.32 Å². The molecule has 0 amide bonds. The molecule has 0 saturated carbocycles. The zero-order valence-corrected chi connectivity index (χ0v) is 13.7. The van der Waals surface area contributed by atoms with Gasteiger partial charge in [0, 0.05) is 14.2 Å². The van der Waals surface area contributed by atoms with E-state index in [0.717, 1.165) is 29.7 Å². The van der Waals surface area contributed by atoms with Gasteiger partial charge in [-0.15, -0.1) is 0 Å². The number of hydrogen-bond acceptors (Lipinski definition) is 4. The van der Waals surface area contributed by atoms with Crippen molar-refractivity contribution in [2.75, 3.05) is 27.4 Å². The van der Waals surface area contributed by atoms with Crippen molar-refractivity contribution in [2.24, 2.45) is 0 Å². The van der Waals surface area contributed by atoms with Gasteiger partial charge in [0.05, 0.1) is 41.7 Å².